The number of carbonyl (C=O) groups is 2. The molecule has 2 heterocycles. The summed E-state index contributed by atoms with van der Waals surface area (Å²) in [7, 11) is 1.73. The van der Waals surface area contributed by atoms with Crippen molar-refractivity contribution in [2.24, 2.45) is 0 Å². The Morgan fingerprint density at radius 3 is 2.54 bits per heavy atom. The first kappa shape index (κ1) is 24.5. The second kappa shape index (κ2) is 10.7. The summed E-state index contributed by atoms with van der Waals surface area (Å²) in [5.41, 5.74) is 1.23. The molecule has 2 aromatic carbocycles. The molecule has 0 saturated carbocycles. The van der Waals surface area contributed by atoms with E-state index in [1.165, 1.54) is 16.3 Å². The molecule has 9 nitrogen and oxygen atoms in total. The average Bonchev–Trinajstić information content (AvgIpc) is 3.31. The van der Waals surface area contributed by atoms with Gasteiger partial charge in [-0.2, -0.15) is 0 Å². The first-order valence-corrected chi connectivity index (χ1v) is 12.5. The van der Waals surface area contributed by atoms with E-state index in [1.54, 1.807) is 28.5 Å². The molecule has 10 heteroatoms. The van der Waals surface area contributed by atoms with Crippen LogP contribution in [0.25, 0.3) is 16.7 Å². The molecule has 4 rings (SSSR count). The lowest BCUT2D eigenvalue weighted by Crippen LogP contribution is -2.33. The number of nitrogens with zero attached hydrogens (tertiary/aromatic N) is 5. The van der Waals surface area contributed by atoms with Crippen molar-refractivity contribution in [3.63, 3.8) is 0 Å². The van der Waals surface area contributed by atoms with Gasteiger partial charge in [-0.05, 0) is 37.6 Å². The molecule has 182 valence electrons. The van der Waals surface area contributed by atoms with E-state index in [2.05, 4.69) is 15.5 Å². The van der Waals surface area contributed by atoms with Crippen LogP contribution in [0.2, 0.25) is 0 Å². The second-order valence-electron chi connectivity index (χ2n) is 8.30. The third kappa shape index (κ3) is 5.22. The molecule has 0 bridgehead atoms. The Morgan fingerprint density at radius 2 is 1.80 bits per heavy atom. The molecule has 4 aromatic rings. The van der Waals surface area contributed by atoms with Gasteiger partial charge in [0.1, 0.15) is 0 Å². The Hall–Kier alpha value is -3.66. The summed E-state index contributed by atoms with van der Waals surface area (Å²) in [6.45, 7) is 4.12. The van der Waals surface area contributed by atoms with Gasteiger partial charge in [0.2, 0.25) is 17.6 Å². The minimum absolute atomic E-state index is 0.0680. The molecular weight excluding hydrogens is 464 g/mol. The lowest BCUT2D eigenvalue weighted by Gasteiger charge is -2.16. The van der Waals surface area contributed by atoms with Crippen molar-refractivity contribution in [3.8, 4) is 0 Å². The highest BCUT2D eigenvalue weighted by atomic mass is 32.2. The van der Waals surface area contributed by atoms with Gasteiger partial charge in [0, 0.05) is 31.7 Å². The van der Waals surface area contributed by atoms with Gasteiger partial charge in [0.05, 0.1) is 16.7 Å². The molecule has 0 aliphatic heterocycles. The van der Waals surface area contributed by atoms with E-state index < -0.39 is 0 Å². The van der Waals surface area contributed by atoms with E-state index in [0.29, 0.717) is 21.8 Å². The molecule has 0 spiro atoms. The third-order valence-corrected chi connectivity index (χ3v) is 6.82. The second-order valence-corrected chi connectivity index (χ2v) is 9.24. The Bertz CT molecular complexity index is 1420. The van der Waals surface area contributed by atoms with Crippen molar-refractivity contribution in [1.29, 1.82) is 0 Å². The maximum atomic E-state index is 13.2. The van der Waals surface area contributed by atoms with Crippen LogP contribution in [0.15, 0.2) is 64.5 Å². The Morgan fingerprint density at radius 1 is 1.09 bits per heavy atom. The largest absolute Gasteiger partial charge is 0.354 e. The number of rotatable bonds is 9. The van der Waals surface area contributed by atoms with Crippen LogP contribution in [0.4, 0.5) is 5.69 Å². The van der Waals surface area contributed by atoms with E-state index in [9.17, 15) is 14.4 Å². The molecule has 2 aromatic heterocycles. The first-order chi connectivity index (χ1) is 16.9. The molecule has 2 amide bonds. The van der Waals surface area contributed by atoms with Crippen LogP contribution in [0.3, 0.4) is 0 Å². The number of carbonyl (C=O) groups excluding carboxylic acids is 2. The predicted octanol–water partition coefficient (Wildman–Crippen LogP) is 3.10. The Kier molecular flexibility index (Phi) is 7.50. The summed E-state index contributed by atoms with van der Waals surface area (Å²) in [6, 6.07) is 16.7. The third-order valence-electron chi connectivity index (χ3n) is 5.90. The minimum Gasteiger partial charge on any atom is -0.354 e. The number of para-hydroxylation sites is 2. The van der Waals surface area contributed by atoms with Gasteiger partial charge >= 0.3 is 0 Å². The van der Waals surface area contributed by atoms with E-state index >= 15 is 0 Å². The van der Waals surface area contributed by atoms with Crippen molar-refractivity contribution >= 4 is 45.9 Å². The van der Waals surface area contributed by atoms with Gasteiger partial charge in [-0.3, -0.25) is 23.4 Å². The number of aryl methyl sites for hydroxylation is 1. The van der Waals surface area contributed by atoms with E-state index in [-0.39, 0.29) is 42.1 Å². The van der Waals surface area contributed by atoms with Crippen molar-refractivity contribution in [2.45, 2.75) is 44.4 Å². The summed E-state index contributed by atoms with van der Waals surface area (Å²) in [5.74, 6) is 0.284. The lowest BCUT2D eigenvalue weighted by atomic mass is 10.2. The topological polar surface area (TPSA) is 102 Å². The first-order valence-electron chi connectivity index (χ1n) is 11.5. The van der Waals surface area contributed by atoms with Gasteiger partial charge in [0.15, 0.2) is 5.16 Å². The fraction of sp³-hybridized carbons (Fsp3) is 0.320. The number of anilines is 1. The van der Waals surface area contributed by atoms with Crippen LogP contribution in [0.5, 0.6) is 0 Å². The van der Waals surface area contributed by atoms with Crippen molar-refractivity contribution < 1.29 is 9.59 Å². The smallest absolute Gasteiger partial charge is 0.262 e. The SMILES string of the molecule is CCC(C)NC(=O)CCn1c(=O)c2ccccc2n2c(SCC(=O)N(C)c3ccccc3)nnc12. The van der Waals surface area contributed by atoms with Crippen LogP contribution in [0.1, 0.15) is 26.7 Å². The van der Waals surface area contributed by atoms with Gasteiger partial charge < -0.3 is 10.2 Å². The standard InChI is InChI=1S/C25H28N6O3S/c1-4-17(2)26-21(32)14-15-30-23(34)19-12-8-9-13-20(19)31-24(30)27-28-25(31)35-16-22(33)29(3)18-10-6-5-7-11-18/h5-13,17H,4,14-16H2,1-3H3,(H,26,32). The number of amides is 2. The molecule has 35 heavy (non-hydrogen) atoms. The molecule has 1 unspecified atom stereocenters. The Balaban J connectivity index is 1.63. The minimum atomic E-state index is -0.228. The lowest BCUT2D eigenvalue weighted by molar-refractivity contribution is -0.122. The number of nitrogens with one attached hydrogen (secondary N) is 1. The van der Waals surface area contributed by atoms with Gasteiger partial charge in [-0.25, -0.2) is 0 Å². The molecule has 1 atom stereocenters. The maximum absolute atomic E-state index is 13.2. The fourth-order valence-corrected chi connectivity index (χ4v) is 4.56. The van der Waals surface area contributed by atoms with Crippen molar-refractivity contribution in [2.75, 3.05) is 17.7 Å². The van der Waals surface area contributed by atoms with E-state index in [4.69, 9.17) is 0 Å². The normalized spacial score (nSPS) is 12.1. The molecule has 0 aliphatic rings. The summed E-state index contributed by atoms with van der Waals surface area (Å²) in [5, 5.41) is 12.5. The fourth-order valence-electron chi connectivity index (χ4n) is 3.71. The van der Waals surface area contributed by atoms with Crippen LogP contribution < -0.4 is 15.8 Å². The number of aromatic nitrogens is 4. The number of thioether (sulfide) groups is 1. The zero-order valence-electron chi connectivity index (χ0n) is 20.0. The van der Waals surface area contributed by atoms with Crippen molar-refractivity contribution in [1.82, 2.24) is 24.5 Å². The molecular formula is C25H28N6O3S. The van der Waals surface area contributed by atoms with Crippen LogP contribution in [-0.2, 0) is 16.1 Å². The maximum Gasteiger partial charge on any atom is 0.262 e. The van der Waals surface area contributed by atoms with Crippen LogP contribution in [0, 0.1) is 0 Å². The predicted molar refractivity (Wildman–Crippen MR) is 138 cm³/mol. The monoisotopic (exact) mass is 492 g/mol. The van der Waals surface area contributed by atoms with Crippen molar-refractivity contribution in [3.05, 3.63) is 65.0 Å². The zero-order valence-corrected chi connectivity index (χ0v) is 20.8. The molecule has 0 aliphatic carbocycles. The van der Waals surface area contributed by atoms with E-state index in [0.717, 1.165) is 12.1 Å². The van der Waals surface area contributed by atoms with Gasteiger partial charge in [-0.1, -0.05) is 49.0 Å². The highest BCUT2D eigenvalue weighted by Gasteiger charge is 2.19. The number of benzene rings is 2. The summed E-state index contributed by atoms with van der Waals surface area (Å²) >= 11 is 1.26. The number of hydrogen-bond donors (Lipinski definition) is 1. The molecule has 0 saturated heterocycles. The number of hydrogen-bond acceptors (Lipinski definition) is 6. The quantitative estimate of drug-likeness (QED) is 0.360. The van der Waals surface area contributed by atoms with E-state index in [1.807, 2.05) is 56.3 Å². The highest BCUT2D eigenvalue weighted by Crippen LogP contribution is 2.23. The van der Waals surface area contributed by atoms with Crippen LogP contribution >= 0.6 is 11.8 Å². The summed E-state index contributed by atoms with van der Waals surface area (Å²) in [4.78, 5) is 40.0. The molecule has 0 radical (unpaired) electrons. The average molecular weight is 493 g/mol. The molecule has 1 N–H and O–H groups in total. The molecule has 0 fully saturated rings. The van der Waals surface area contributed by atoms with Crippen LogP contribution in [-0.4, -0.2) is 49.8 Å². The summed E-state index contributed by atoms with van der Waals surface area (Å²) < 4.78 is 3.26. The van der Waals surface area contributed by atoms with Gasteiger partial charge in [-0.15, -0.1) is 10.2 Å². The van der Waals surface area contributed by atoms with Gasteiger partial charge in [0.25, 0.3) is 5.56 Å². The zero-order chi connectivity index (χ0) is 24.9. The Labute approximate surface area is 207 Å². The highest BCUT2D eigenvalue weighted by molar-refractivity contribution is 7.99. The number of fused-ring (bicyclic) bond motifs is 3. The summed E-state index contributed by atoms with van der Waals surface area (Å²) in [6.07, 6.45) is 0.975.